The van der Waals surface area contributed by atoms with Gasteiger partial charge in [0.2, 0.25) is 5.91 Å². The van der Waals surface area contributed by atoms with Gasteiger partial charge in [-0.3, -0.25) is 14.5 Å². The van der Waals surface area contributed by atoms with Gasteiger partial charge >= 0.3 is 6.03 Å². The van der Waals surface area contributed by atoms with Crippen LogP contribution in [0.4, 0.5) is 10.5 Å². The zero-order valence-corrected chi connectivity index (χ0v) is 14.5. The molecule has 1 aliphatic carbocycles. The minimum absolute atomic E-state index is 0.0818. The third-order valence-electron chi connectivity index (χ3n) is 5.33. The first-order valence-electron chi connectivity index (χ1n) is 9.01. The van der Waals surface area contributed by atoms with Crippen LogP contribution >= 0.6 is 0 Å². The van der Waals surface area contributed by atoms with Crippen molar-refractivity contribution in [2.24, 2.45) is 0 Å². The molecule has 6 nitrogen and oxygen atoms in total. The van der Waals surface area contributed by atoms with Crippen LogP contribution in [0.1, 0.15) is 32.1 Å². The minimum atomic E-state index is -0.719. The second kappa shape index (κ2) is 6.44. The molecule has 1 heterocycles. The highest BCUT2D eigenvalue weighted by molar-refractivity contribution is 6.08. The van der Waals surface area contributed by atoms with Crippen LogP contribution < -0.4 is 10.6 Å². The second-order valence-electron chi connectivity index (χ2n) is 7.00. The van der Waals surface area contributed by atoms with Crippen LogP contribution in [0.5, 0.6) is 0 Å². The van der Waals surface area contributed by atoms with Crippen LogP contribution in [0, 0.1) is 0 Å². The number of rotatable bonds is 4. The first-order chi connectivity index (χ1) is 12.6. The summed E-state index contributed by atoms with van der Waals surface area (Å²) in [6, 6.07) is 13.2. The maximum Gasteiger partial charge on any atom is 0.325 e. The van der Waals surface area contributed by atoms with Gasteiger partial charge in [0.15, 0.2) is 0 Å². The van der Waals surface area contributed by atoms with Crippen LogP contribution in [0.2, 0.25) is 0 Å². The van der Waals surface area contributed by atoms with Crippen LogP contribution in [-0.2, 0) is 9.59 Å². The van der Waals surface area contributed by atoms with Crippen molar-refractivity contribution in [2.75, 3.05) is 11.9 Å². The number of hydrogen-bond donors (Lipinski definition) is 2. The number of anilines is 1. The van der Waals surface area contributed by atoms with E-state index in [4.69, 9.17) is 0 Å². The normalized spacial score (nSPS) is 18.5. The number of urea groups is 1. The Balaban J connectivity index is 1.41. The van der Waals surface area contributed by atoms with Crippen LogP contribution in [0.3, 0.4) is 0 Å². The van der Waals surface area contributed by atoms with Gasteiger partial charge in [0.1, 0.15) is 5.54 Å². The molecule has 2 aromatic carbocycles. The van der Waals surface area contributed by atoms with Crippen molar-refractivity contribution in [2.45, 2.75) is 37.6 Å². The Bertz CT molecular complexity index is 882. The van der Waals surface area contributed by atoms with Crippen molar-refractivity contribution in [1.82, 2.24) is 10.2 Å². The topological polar surface area (TPSA) is 78.5 Å². The average Bonchev–Trinajstić information content (AvgIpc) is 3.20. The predicted octanol–water partition coefficient (Wildman–Crippen LogP) is 3.03. The van der Waals surface area contributed by atoms with Gasteiger partial charge in [-0.05, 0) is 24.3 Å². The summed E-state index contributed by atoms with van der Waals surface area (Å²) in [5, 5.41) is 7.73. The summed E-state index contributed by atoms with van der Waals surface area (Å²) in [6.45, 7) is 0.100. The molecule has 2 aliphatic rings. The van der Waals surface area contributed by atoms with Crippen LogP contribution in [0.15, 0.2) is 42.5 Å². The van der Waals surface area contributed by atoms with E-state index >= 15 is 0 Å². The molecule has 0 radical (unpaired) electrons. The largest absolute Gasteiger partial charge is 0.325 e. The highest BCUT2D eigenvalue weighted by Crippen LogP contribution is 2.35. The van der Waals surface area contributed by atoms with Gasteiger partial charge in [0, 0.05) is 24.0 Å². The smallest absolute Gasteiger partial charge is 0.325 e. The molecule has 2 aromatic rings. The van der Waals surface area contributed by atoms with E-state index in [1.165, 1.54) is 4.90 Å². The summed E-state index contributed by atoms with van der Waals surface area (Å²) in [4.78, 5) is 38.3. The number of fused-ring (bicyclic) bond motifs is 1. The third kappa shape index (κ3) is 2.81. The van der Waals surface area contributed by atoms with Crippen molar-refractivity contribution >= 4 is 34.3 Å². The lowest BCUT2D eigenvalue weighted by Crippen LogP contribution is -2.44. The molecular formula is C20H21N3O3. The lowest BCUT2D eigenvalue weighted by Gasteiger charge is -2.19. The summed E-state index contributed by atoms with van der Waals surface area (Å²) in [5.41, 5.74) is 0.0148. The molecule has 1 saturated heterocycles. The number of carbonyl (C=O) groups is 3. The fourth-order valence-electron chi connectivity index (χ4n) is 3.96. The molecule has 0 aromatic heterocycles. The van der Waals surface area contributed by atoms with E-state index in [1.54, 1.807) is 0 Å². The number of hydrogen-bond acceptors (Lipinski definition) is 3. The molecule has 1 spiro atoms. The standard InChI is InChI=1S/C20H21N3O3/c24-17(21-16-9-5-7-14-6-1-2-8-15(14)16)10-13-23-18(25)20(22-19(23)26)11-3-4-12-20/h1-2,5-9H,3-4,10-13H2,(H,21,24)(H,22,26). The average molecular weight is 351 g/mol. The van der Waals surface area contributed by atoms with E-state index < -0.39 is 5.54 Å². The molecule has 6 heteroatoms. The van der Waals surface area contributed by atoms with E-state index in [9.17, 15) is 14.4 Å². The fraction of sp³-hybridized carbons (Fsp3) is 0.350. The first-order valence-corrected chi connectivity index (χ1v) is 9.01. The summed E-state index contributed by atoms with van der Waals surface area (Å²) in [7, 11) is 0. The van der Waals surface area contributed by atoms with E-state index in [-0.39, 0.29) is 30.8 Å². The van der Waals surface area contributed by atoms with Gasteiger partial charge < -0.3 is 10.6 Å². The molecule has 1 aliphatic heterocycles. The molecule has 1 saturated carbocycles. The molecule has 4 rings (SSSR count). The number of benzene rings is 2. The molecule has 0 unspecified atom stereocenters. The first kappa shape index (κ1) is 16.6. The third-order valence-corrected chi connectivity index (χ3v) is 5.33. The Labute approximate surface area is 151 Å². The highest BCUT2D eigenvalue weighted by Gasteiger charge is 2.52. The van der Waals surface area contributed by atoms with Crippen molar-refractivity contribution < 1.29 is 14.4 Å². The summed E-state index contributed by atoms with van der Waals surface area (Å²) in [6.07, 6.45) is 3.36. The van der Waals surface area contributed by atoms with Gasteiger partial charge in [0.25, 0.3) is 5.91 Å². The zero-order chi connectivity index (χ0) is 18.1. The van der Waals surface area contributed by atoms with E-state index in [0.29, 0.717) is 12.8 Å². The van der Waals surface area contributed by atoms with Gasteiger partial charge in [-0.25, -0.2) is 4.79 Å². The second-order valence-corrected chi connectivity index (χ2v) is 7.00. The van der Waals surface area contributed by atoms with Crippen molar-refractivity contribution in [3.05, 3.63) is 42.5 Å². The maximum absolute atomic E-state index is 12.6. The van der Waals surface area contributed by atoms with Crippen LogP contribution in [-0.4, -0.2) is 34.8 Å². The molecule has 2 N–H and O–H groups in total. The van der Waals surface area contributed by atoms with Gasteiger partial charge in [-0.15, -0.1) is 0 Å². The molecule has 26 heavy (non-hydrogen) atoms. The monoisotopic (exact) mass is 351 g/mol. The Kier molecular flexibility index (Phi) is 4.11. The molecular weight excluding hydrogens is 330 g/mol. The minimum Gasteiger partial charge on any atom is -0.325 e. The van der Waals surface area contributed by atoms with Crippen molar-refractivity contribution in [3.8, 4) is 0 Å². The molecule has 0 atom stereocenters. The van der Waals surface area contributed by atoms with E-state index in [1.807, 2.05) is 42.5 Å². The summed E-state index contributed by atoms with van der Waals surface area (Å²) >= 11 is 0. The lowest BCUT2D eigenvalue weighted by molar-refractivity contribution is -0.131. The number of amides is 4. The zero-order valence-electron chi connectivity index (χ0n) is 14.5. The van der Waals surface area contributed by atoms with Gasteiger partial charge in [-0.1, -0.05) is 49.2 Å². The Morgan fingerprint density at radius 1 is 1.08 bits per heavy atom. The van der Waals surface area contributed by atoms with Crippen LogP contribution in [0.25, 0.3) is 10.8 Å². The van der Waals surface area contributed by atoms with Crippen molar-refractivity contribution in [3.63, 3.8) is 0 Å². The Morgan fingerprint density at radius 2 is 1.81 bits per heavy atom. The number of nitrogens with one attached hydrogen (secondary N) is 2. The molecule has 4 amide bonds. The SMILES string of the molecule is O=C(CCN1C(=O)NC2(CCCC2)C1=O)Nc1cccc2ccccc12. The number of imide groups is 1. The number of nitrogens with zero attached hydrogens (tertiary/aromatic N) is 1. The quantitative estimate of drug-likeness (QED) is 0.831. The van der Waals surface area contributed by atoms with E-state index in [2.05, 4.69) is 10.6 Å². The highest BCUT2D eigenvalue weighted by atomic mass is 16.2. The Hall–Kier alpha value is -2.89. The Morgan fingerprint density at radius 3 is 2.62 bits per heavy atom. The van der Waals surface area contributed by atoms with Gasteiger partial charge in [-0.2, -0.15) is 0 Å². The lowest BCUT2D eigenvalue weighted by atomic mass is 9.98. The fourth-order valence-corrected chi connectivity index (χ4v) is 3.96. The summed E-state index contributed by atoms with van der Waals surface area (Å²) in [5.74, 6) is -0.396. The van der Waals surface area contributed by atoms with E-state index in [0.717, 1.165) is 29.3 Å². The summed E-state index contributed by atoms with van der Waals surface area (Å²) < 4.78 is 0. The number of carbonyl (C=O) groups excluding carboxylic acids is 3. The molecule has 134 valence electrons. The predicted molar refractivity (Wildman–Crippen MR) is 98.6 cm³/mol. The molecule has 2 fully saturated rings. The maximum atomic E-state index is 12.6. The van der Waals surface area contributed by atoms with Crippen molar-refractivity contribution in [1.29, 1.82) is 0 Å². The van der Waals surface area contributed by atoms with Gasteiger partial charge in [0.05, 0.1) is 0 Å². The molecule has 0 bridgehead atoms.